The first-order valence-corrected chi connectivity index (χ1v) is 6.87. The Labute approximate surface area is 109 Å². The predicted octanol–water partition coefficient (Wildman–Crippen LogP) is 3.20. The van der Waals surface area contributed by atoms with E-state index in [1.165, 1.54) is 24.8 Å². The van der Waals surface area contributed by atoms with Gasteiger partial charge in [0.15, 0.2) is 0 Å². The van der Waals surface area contributed by atoms with Gasteiger partial charge in [-0.05, 0) is 37.5 Å². The third kappa shape index (κ3) is 3.30. The maximum absolute atomic E-state index is 9.27. The number of hydrogen-bond donors (Lipinski definition) is 1. The molecule has 0 amide bonds. The summed E-state index contributed by atoms with van der Waals surface area (Å²) in [6.45, 7) is 2.16. The minimum atomic E-state index is 0.164. The van der Waals surface area contributed by atoms with E-state index in [9.17, 15) is 5.26 Å². The summed E-state index contributed by atoms with van der Waals surface area (Å²) in [6, 6.07) is 7.17. The Kier molecular flexibility index (Phi) is 4.72. The van der Waals surface area contributed by atoms with E-state index in [-0.39, 0.29) is 12.0 Å². The Hall–Kier alpha value is -1.40. The van der Waals surface area contributed by atoms with Crippen LogP contribution in [0.25, 0.3) is 0 Å². The smallest absolute Gasteiger partial charge is 0.0672 e. The number of nitrogens with one attached hydrogen (secondary N) is 1. The Balaban J connectivity index is 2.00. The molecular weight excluding hydrogens is 222 g/mol. The number of pyridine rings is 1. The number of aromatic nitrogens is 1. The fourth-order valence-electron chi connectivity index (χ4n) is 2.73. The van der Waals surface area contributed by atoms with Crippen molar-refractivity contribution in [1.29, 1.82) is 5.26 Å². The Bertz CT molecular complexity index is 396. The van der Waals surface area contributed by atoms with E-state index < -0.39 is 0 Å². The highest BCUT2D eigenvalue weighted by Crippen LogP contribution is 2.25. The van der Waals surface area contributed by atoms with E-state index in [1.54, 1.807) is 0 Å². The molecule has 1 aromatic heterocycles. The number of rotatable bonds is 3. The molecule has 3 nitrogen and oxygen atoms in total. The highest BCUT2D eigenvalue weighted by atomic mass is 15.0. The van der Waals surface area contributed by atoms with Gasteiger partial charge in [-0.3, -0.25) is 4.98 Å². The minimum Gasteiger partial charge on any atom is -0.306 e. The van der Waals surface area contributed by atoms with Crippen LogP contribution in [0.15, 0.2) is 24.5 Å². The van der Waals surface area contributed by atoms with Crippen LogP contribution in [0.5, 0.6) is 0 Å². The second kappa shape index (κ2) is 6.51. The van der Waals surface area contributed by atoms with E-state index in [2.05, 4.69) is 23.3 Å². The lowest BCUT2D eigenvalue weighted by molar-refractivity contribution is 0.361. The van der Waals surface area contributed by atoms with Gasteiger partial charge in [0.1, 0.15) is 0 Å². The van der Waals surface area contributed by atoms with E-state index in [0.717, 1.165) is 12.8 Å². The molecule has 0 spiro atoms. The van der Waals surface area contributed by atoms with E-state index >= 15 is 0 Å². The summed E-state index contributed by atoms with van der Waals surface area (Å²) >= 11 is 0. The molecule has 1 aliphatic rings. The van der Waals surface area contributed by atoms with Crippen LogP contribution in [0.1, 0.15) is 50.6 Å². The normalized spacial score (nSPS) is 26.0. The lowest BCUT2D eigenvalue weighted by Crippen LogP contribution is -2.36. The number of nitriles is 1. The van der Waals surface area contributed by atoms with Crippen LogP contribution in [-0.2, 0) is 0 Å². The molecule has 0 aliphatic heterocycles. The van der Waals surface area contributed by atoms with Crippen LogP contribution >= 0.6 is 0 Å². The summed E-state index contributed by atoms with van der Waals surface area (Å²) in [5.74, 6) is 0.164. The maximum Gasteiger partial charge on any atom is 0.0672 e. The molecule has 0 aromatic carbocycles. The van der Waals surface area contributed by atoms with Gasteiger partial charge in [0.2, 0.25) is 0 Å². The van der Waals surface area contributed by atoms with Gasteiger partial charge in [-0.1, -0.05) is 19.3 Å². The van der Waals surface area contributed by atoms with Crippen LogP contribution in [0.4, 0.5) is 0 Å². The van der Waals surface area contributed by atoms with Crippen molar-refractivity contribution in [1.82, 2.24) is 10.3 Å². The topological polar surface area (TPSA) is 48.7 Å². The second-order valence-electron chi connectivity index (χ2n) is 5.15. The molecule has 0 bridgehead atoms. The predicted molar refractivity (Wildman–Crippen MR) is 71.8 cm³/mol. The van der Waals surface area contributed by atoms with Crippen molar-refractivity contribution < 1.29 is 0 Å². The molecule has 2 rings (SSSR count). The van der Waals surface area contributed by atoms with Crippen LogP contribution in [0.2, 0.25) is 0 Å². The van der Waals surface area contributed by atoms with Gasteiger partial charge in [0.25, 0.3) is 0 Å². The Morgan fingerprint density at radius 2 is 2.00 bits per heavy atom. The van der Waals surface area contributed by atoms with Crippen molar-refractivity contribution in [2.75, 3.05) is 0 Å². The van der Waals surface area contributed by atoms with Crippen molar-refractivity contribution in [3.63, 3.8) is 0 Å². The zero-order valence-electron chi connectivity index (χ0n) is 11.0. The standard InChI is InChI=1S/C15H21N3/c1-12(13-7-9-17-10-8-13)18-15-6-4-2-3-5-14(15)11-16/h7-10,12,14-15,18H,2-6H2,1H3/t12-,14?,15?/m1/s1. The summed E-state index contributed by atoms with van der Waals surface area (Å²) in [5.41, 5.74) is 1.24. The third-order valence-electron chi connectivity index (χ3n) is 3.85. The molecule has 1 N–H and O–H groups in total. The van der Waals surface area contributed by atoms with Gasteiger partial charge in [-0.15, -0.1) is 0 Å². The average Bonchev–Trinajstić information content (AvgIpc) is 2.64. The lowest BCUT2D eigenvalue weighted by Gasteiger charge is -2.25. The minimum absolute atomic E-state index is 0.164. The molecule has 96 valence electrons. The Morgan fingerprint density at radius 3 is 2.72 bits per heavy atom. The van der Waals surface area contributed by atoms with Crippen molar-refractivity contribution in [2.24, 2.45) is 5.92 Å². The summed E-state index contributed by atoms with van der Waals surface area (Å²) in [4.78, 5) is 4.04. The van der Waals surface area contributed by atoms with E-state index in [4.69, 9.17) is 0 Å². The summed E-state index contributed by atoms with van der Waals surface area (Å²) in [7, 11) is 0. The van der Waals surface area contributed by atoms with Gasteiger partial charge in [0.05, 0.1) is 12.0 Å². The highest BCUT2D eigenvalue weighted by molar-refractivity contribution is 5.14. The van der Waals surface area contributed by atoms with Crippen molar-refractivity contribution in [3.8, 4) is 6.07 Å². The van der Waals surface area contributed by atoms with Gasteiger partial charge in [0, 0.05) is 24.5 Å². The van der Waals surface area contributed by atoms with Gasteiger partial charge < -0.3 is 5.32 Å². The molecule has 3 atom stereocenters. The van der Waals surface area contributed by atoms with Crippen molar-refractivity contribution in [3.05, 3.63) is 30.1 Å². The zero-order chi connectivity index (χ0) is 12.8. The first-order chi connectivity index (χ1) is 8.81. The van der Waals surface area contributed by atoms with Crippen LogP contribution < -0.4 is 5.32 Å². The molecule has 1 aromatic rings. The van der Waals surface area contributed by atoms with Crippen molar-refractivity contribution >= 4 is 0 Å². The largest absolute Gasteiger partial charge is 0.306 e. The van der Waals surface area contributed by atoms with Crippen LogP contribution in [0.3, 0.4) is 0 Å². The number of nitrogens with zero attached hydrogens (tertiary/aromatic N) is 2. The summed E-state index contributed by atoms with van der Waals surface area (Å²) in [6.07, 6.45) is 9.49. The highest BCUT2D eigenvalue weighted by Gasteiger charge is 2.24. The van der Waals surface area contributed by atoms with E-state index in [0.29, 0.717) is 6.04 Å². The molecule has 1 heterocycles. The zero-order valence-corrected chi connectivity index (χ0v) is 11.0. The molecule has 0 saturated heterocycles. The quantitative estimate of drug-likeness (QED) is 0.829. The average molecular weight is 243 g/mol. The molecule has 18 heavy (non-hydrogen) atoms. The fraction of sp³-hybridized carbons (Fsp3) is 0.600. The van der Waals surface area contributed by atoms with E-state index in [1.807, 2.05) is 24.5 Å². The summed E-state index contributed by atoms with van der Waals surface area (Å²) < 4.78 is 0. The summed E-state index contributed by atoms with van der Waals surface area (Å²) in [5, 5.41) is 12.9. The first kappa shape index (κ1) is 13.0. The fourth-order valence-corrected chi connectivity index (χ4v) is 2.73. The molecular formula is C15H21N3. The SMILES string of the molecule is C[C@@H](NC1CCCCCC1C#N)c1ccncc1. The van der Waals surface area contributed by atoms with Crippen LogP contribution in [-0.4, -0.2) is 11.0 Å². The molecule has 3 heteroatoms. The maximum atomic E-state index is 9.27. The molecule has 2 unspecified atom stereocenters. The molecule has 0 radical (unpaired) electrons. The third-order valence-corrected chi connectivity index (χ3v) is 3.85. The van der Waals surface area contributed by atoms with Gasteiger partial charge in [-0.2, -0.15) is 5.26 Å². The second-order valence-corrected chi connectivity index (χ2v) is 5.15. The molecule has 1 fully saturated rings. The number of hydrogen-bond acceptors (Lipinski definition) is 3. The molecule has 1 aliphatic carbocycles. The monoisotopic (exact) mass is 243 g/mol. The van der Waals surface area contributed by atoms with Gasteiger partial charge in [-0.25, -0.2) is 0 Å². The van der Waals surface area contributed by atoms with Crippen molar-refractivity contribution in [2.45, 2.75) is 51.1 Å². The molecule has 1 saturated carbocycles. The Morgan fingerprint density at radius 1 is 1.28 bits per heavy atom. The van der Waals surface area contributed by atoms with Gasteiger partial charge >= 0.3 is 0 Å². The van der Waals surface area contributed by atoms with Crippen LogP contribution in [0, 0.1) is 17.2 Å². The lowest BCUT2D eigenvalue weighted by atomic mass is 9.95. The first-order valence-electron chi connectivity index (χ1n) is 6.87.